The maximum Gasteiger partial charge on any atom is 0.309 e. The molecular formula is C15H20O5. The van der Waals surface area contributed by atoms with Gasteiger partial charge >= 0.3 is 5.97 Å². The Bertz CT molecular complexity index is 509. The standard InChI is InChI=1S/C15H20O5/c1-17-12-8-9-5-6-10(15(16)20-4)7-11(9)13(18-2)14(12)19-3/h8,10H,5-7H2,1-4H3. The highest BCUT2D eigenvalue weighted by Crippen LogP contribution is 2.45. The third-order valence-electron chi connectivity index (χ3n) is 3.77. The van der Waals surface area contributed by atoms with Gasteiger partial charge in [-0.2, -0.15) is 0 Å². The van der Waals surface area contributed by atoms with Crippen LogP contribution in [0.4, 0.5) is 0 Å². The normalized spacial score (nSPS) is 17.1. The van der Waals surface area contributed by atoms with Crippen molar-refractivity contribution in [3.05, 3.63) is 17.2 Å². The Hall–Kier alpha value is -1.91. The number of carbonyl (C=O) groups excluding carboxylic acids is 1. The second-order valence-electron chi connectivity index (χ2n) is 4.75. The van der Waals surface area contributed by atoms with Gasteiger partial charge in [-0.3, -0.25) is 4.79 Å². The van der Waals surface area contributed by atoms with Gasteiger partial charge in [-0.1, -0.05) is 0 Å². The highest BCUT2D eigenvalue weighted by molar-refractivity contribution is 5.74. The Labute approximate surface area is 118 Å². The van der Waals surface area contributed by atoms with Crippen molar-refractivity contribution < 1.29 is 23.7 Å². The monoisotopic (exact) mass is 280 g/mol. The third kappa shape index (κ3) is 2.40. The average Bonchev–Trinajstić information content (AvgIpc) is 2.51. The fourth-order valence-corrected chi connectivity index (χ4v) is 2.76. The molecule has 1 atom stereocenters. The Morgan fingerprint density at radius 2 is 1.80 bits per heavy atom. The first-order valence-electron chi connectivity index (χ1n) is 6.54. The van der Waals surface area contributed by atoms with Crippen LogP contribution in [0, 0.1) is 5.92 Å². The van der Waals surface area contributed by atoms with Gasteiger partial charge < -0.3 is 18.9 Å². The first-order chi connectivity index (χ1) is 9.65. The summed E-state index contributed by atoms with van der Waals surface area (Å²) in [5.41, 5.74) is 2.14. The van der Waals surface area contributed by atoms with E-state index in [-0.39, 0.29) is 11.9 Å². The molecule has 1 aliphatic rings. The minimum absolute atomic E-state index is 0.125. The van der Waals surface area contributed by atoms with E-state index in [0.29, 0.717) is 23.7 Å². The van der Waals surface area contributed by atoms with Crippen molar-refractivity contribution in [2.24, 2.45) is 5.92 Å². The SMILES string of the molecule is COC(=O)C1CCc2cc(OC)c(OC)c(OC)c2C1. The highest BCUT2D eigenvalue weighted by Gasteiger charge is 2.30. The first kappa shape index (κ1) is 14.5. The van der Waals surface area contributed by atoms with Crippen LogP contribution in [0.3, 0.4) is 0 Å². The van der Waals surface area contributed by atoms with Crippen molar-refractivity contribution in [3.63, 3.8) is 0 Å². The van der Waals surface area contributed by atoms with Crippen molar-refractivity contribution >= 4 is 5.97 Å². The van der Waals surface area contributed by atoms with E-state index in [9.17, 15) is 4.79 Å². The molecule has 1 aromatic carbocycles. The van der Waals surface area contributed by atoms with Gasteiger partial charge in [-0.05, 0) is 30.9 Å². The van der Waals surface area contributed by atoms with Gasteiger partial charge in [0.05, 0.1) is 34.4 Å². The second kappa shape index (κ2) is 6.03. The maximum atomic E-state index is 11.7. The molecule has 2 rings (SSSR count). The number of esters is 1. The summed E-state index contributed by atoms with van der Waals surface area (Å²) in [6.07, 6.45) is 2.18. The number of fused-ring (bicyclic) bond motifs is 1. The summed E-state index contributed by atoms with van der Waals surface area (Å²) < 4.78 is 21.0. The number of aryl methyl sites for hydroxylation is 1. The molecule has 0 bridgehead atoms. The van der Waals surface area contributed by atoms with E-state index in [2.05, 4.69) is 0 Å². The topological polar surface area (TPSA) is 54.0 Å². The summed E-state index contributed by atoms with van der Waals surface area (Å²) in [5.74, 6) is 1.57. The molecule has 0 spiro atoms. The summed E-state index contributed by atoms with van der Waals surface area (Å²) >= 11 is 0. The van der Waals surface area contributed by atoms with Crippen molar-refractivity contribution in [1.29, 1.82) is 0 Å². The molecule has 1 aromatic rings. The van der Waals surface area contributed by atoms with Crippen LogP contribution in [0.25, 0.3) is 0 Å². The van der Waals surface area contributed by atoms with Gasteiger partial charge in [-0.25, -0.2) is 0 Å². The van der Waals surface area contributed by atoms with Crippen LogP contribution in [-0.4, -0.2) is 34.4 Å². The van der Waals surface area contributed by atoms with Crippen LogP contribution in [0.15, 0.2) is 6.07 Å². The van der Waals surface area contributed by atoms with Crippen LogP contribution in [0.2, 0.25) is 0 Å². The summed E-state index contributed by atoms with van der Waals surface area (Å²) in [7, 11) is 6.19. The van der Waals surface area contributed by atoms with Crippen molar-refractivity contribution in [2.45, 2.75) is 19.3 Å². The van der Waals surface area contributed by atoms with Crippen LogP contribution in [0.1, 0.15) is 17.5 Å². The number of hydrogen-bond acceptors (Lipinski definition) is 5. The van der Waals surface area contributed by atoms with Gasteiger partial charge in [0.2, 0.25) is 5.75 Å². The molecule has 5 nitrogen and oxygen atoms in total. The fourth-order valence-electron chi connectivity index (χ4n) is 2.76. The van der Waals surface area contributed by atoms with E-state index in [1.807, 2.05) is 6.07 Å². The van der Waals surface area contributed by atoms with Crippen LogP contribution in [0.5, 0.6) is 17.2 Å². The largest absolute Gasteiger partial charge is 0.493 e. The molecule has 0 fully saturated rings. The summed E-state index contributed by atoms with van der Waals surface area (Å²) in [6.45, 7) is 0. The van der Waals surface area contributed by atoms with E-state index >= 15 is 0 Å². The molecular weight excluding hydrogens is 260 g/mol. The van der Waals surface area contributed by atoms with Gasteiger partial charge in [0, 0.05) is 5.56 Å². The molecule has 5 heteroatoms. The minimum atomic E-state index is -0.174. The maximum absolute atomic E-state index is 11.7. The van der Waals surface area contributed by atoms with Crippen LogP contribution < -0.4 is 14.2 Å². The molecule has 1 aliphatic carbocycles. The van der Waals surface area contributed by atoms with Crippen LogP contribution in [-0.2, 0) is 22.4 Å². The molecule has 20 heavy (non-hydrogen) atoms. The van der Waals surface area contributed by atoms with E-state index in [1.165, 1.54) is 7.11 Å². The lowest BCUT2D eigenvalue weighted by Crippen LogP contribution is -2.24. The molecule has 0 aromatic heterocycles. The first-order valence-corrected chi connectivity index (χ1v) is 6.54. The van der Waals surface area contributed by atoms with Gasteiger partial charge in [0.15, 0.2) is 11.5 Å². The van der Waals surface area contributed by atoms with Gasteiger partial charge in [-0.15, -0.1) is 0 Å². The van der Waals surface area contributed by atoms with E-state index in [4.69, 9.17) is 18.9 Å². The van der Waals surface area contributed by atoms with Crippen molar-refractivity contribution in [2.75, 3.05) is 28.4 Å². The molecule has 0 aliphatic heterocycles. The highest BCUT2D eigenvalue weighted by atomic mass is 16.5. The lowest BCUT2D eigenvalue weighted by Gasteiger charge is -2.26. The van der Waals surface area contributed by atoms with Crippen molar-refractivity contribution in [3.8, 4) is 17.2 Å². The Morgan fingerprint density at radius 3 is 2.35 bits per heavy atom. The molecule has 0 amide bonds. The Kier molecular flexibility index (Phi) is 4.37. The number of ether oxygens (including phenoxy) is 4. The third-order valence-corrected chi connectivity index (χ3v) is 3.77. The predicted molar refractivity (Wildman–Crippen MR) is 73.6 cm³/mol. The quantitative estimate of drug-likeness (QED) is 0.789. The second-order valence-corrected chi connectivity index (χ2v) is 4.75. The lowest BCUT2D eigenvalue weighted by atomic mass is 9.83. The smallest absolute Gasteiger partial charge is 0.309 e. The van der Waals surface area contributed by atoms with Gasteiger partial charge in [0.25, 0.3) is 0 Å². The van der Waals surface area contributed by atoms with Crippen LogP contribution >= 0.6 is 0 Å². The number of benzene rings is 1. The Morgan fingerprint density at radius 1 is 1.10 bits per heavy atom. The molecule has 110 valence electrons. The molecule has 0 saturated heterocycles. The molecule has 1 unspecified atom stereocenters. The number of methoxy groups -OCH3 is 4. The lowest BCUT2D eigenvalue weighted by molar-refractivity contribution is -0.145. The Balaban J connectivity index is 2.47. The molecule has 0 saturated carbocycles. The van der Waals surface area contributed by atoms with E-state index < -0.39 is 0 Å². The minimum Gasteiger partial charge on any atom is -0.493 e. The zero-order valence-corrected chi connectivity index (χ0v) is 12.3. The average molecular weight is 280 g/mol. The molecule has 0 radical (unpaired) electrons. The van der Waals surface area contributed by atoms with Crippen molar-refractivity contribution in [1.82, 2.24) is 0 Å². The summed E-state index contributed by atoms with van der Waals surface area (Å²) in [5, 5.41) is 0. The predicted octanol–water partition coefficient (Wildman–Crippen LogP) is 1.99. The zero-order valence-electron chi connectivity index (χ0n) is 12.3. The van der Waals surface area contributed by atoms with E-state index in [0.717, 1.165) is 24.0 Å². The molecule has 0 heterocycles. The van der Waals surface area contributed by atoms with Gasteiger partial charge in [0.1, 0.15) is 0 Å². The summed E-state index contributed by atoms with van der Waals surface area (Å²) in [6, 6.07) is 1.96. The number of carbonyl (C=O) groups is 1. The summed E-state index contributed by atoms with van der Waals surface area (Å²) in [4.78, 5) is 11.7. The fraction of sp³-hybridized carbons (Fsp3) is 0.533. The van der Waals surface area contributed by atoms with E-state index in [1.54, 1.807) is 21.3 Å². The molecule has 0 N–H and O–H groups in total. The number of rotatable bonds is 4. The zero-order chi connectivity index (χ0) is 14.7. The number of hydrogen-bond donors (Lipinski definition) is 0.